The number of carbonyl (C=O) groups is 2. The number of hydrogen-bond acceptors (Lipinski definition) is 6. The smallest absolute Gasteiger partial charge is 0.323 e. The average Bonchev–Trinajstić information content (AvgIpc) is 2.96. The lowest BCUT2D eigenvalue weighted by molar-refractivity contribution is -0.328. The molecule has 1 heterocycles. The Balaban J connectivity index is 2.01. The topological polar surface area (TPSA) is 71.1 Å². The summed E-state index contributed by atoms with van der Waals surface area (Å²) in [5.41, 5.74) is -0.305. The first-order valence-corrected chi connectivity index (χ1v) is 10.6. The number of rotatable bonds is 6. The second-order valence-corrected chi connectivity index (χ2v) is 8.20. The molecule has 0 N–H and O–H groups in total. The van der Waals surface area contributed by atoms with E-state index in [2.05, 4.69) is 0 Å². The zero-order valence-corrected chi connectivity index (χ0v) is 17.8. The summed E-state index contributed by atoms with van der Waals surface area (Å²) in [4.78, 5) is 26.1. The highest BCUT2D eigenvalue weighted by atomic mass is 16.7. The minimum Gasteiger partial charge on any atom is -0.465 e. The van der Waals surface area contributed by atoms with E-state index in [1.165, 1.54) is 0 Å². The van der Waals surface area contributed by atoms with Gasteiger partial charge in [-0.25, -0.2) is 0 Å². The van der Waals surface area contributed by atoms with Crippen LogP contribution >= 0.6 is 0 Å². The van der Waals surface area contributed by atoms with Gasteiger partial charge in [-0.05, 0) is 52.5 Å². The monoisotopic (exact) mass is 404 g/mol. The van der Waals surface area contributed by atoms with Crippen LogP contribution in [0.15, 0.2) is 30.3 Å². The average molecular weight is 405 g/mol. The van der Waals surface area contributed by atoms with Gasteiger partial charge in [0, 0.05) is 12.3 Å². The molecular formula is C23H32O6. The van der Waals surface area contributed by atoms with Crippen LogP contribution in [0.25, 0.3) is 0 Å². The Morgan fingerprint density at radius 1 is 1.00 bits per heavy atom. The van der Waals surface area contributed by atoms with E-state index in [0.29, 0.717) is 6.42 Å². The van der Waals surface area contributed by atoms with E-state index >= 15 is 0 Å². The maximum Gasteiger partial charge on any atom is 0.323 e. The van der Waals surface area contributed by atoms with Crippen molar-refractivity contribution in [2.75, 3.05) is 13.2 Å². The zero-order chi connectivity index (χ0) is 21.1. The van der Waals surface area contributed by atoms with Gasteiger partial charge < -0.3 is 18.9 Å². The molecule has 29 heavy (non-hydrogen) atoms. The van der Waals surface area contributed by atoms with Gasteiger partial charge >= 0.3 is 11.9 Å². The molecule has 1 aliphatic heterocycles. The second kappa shape index (κ2) is 8.84. The summed E-state index contributed by atoms with van der Waals surface area (Å²) in [6, 6.07) is 10.0. The predicted octanol–water partition coefficient (Wildman–Crippen LogP) is 3.66. The van der Waals surface area contributed by atoms with Gasteiger partial charge in [-0.1, -0.05) is 30.3 Å². The van der Waals surface area contributed by atoms with Gasteiger partial charge in [0.05, 0.1) is 25.4 Å². The molecule has 1 aliphatic carbocycles. The number of hydrogen-bond donors (Lipinski definition) is 0. The second-order valence-electron chi connectivity index (χ2n) is 8.20. The van der Waals surface area contributed by atoms with Crippen LogP contribution in [-0.2, 0) is 35.0 Å². The van der Waals surface area contributed by atoms with Gasteiger partial charge in [0.25, 0.3) is 0 Å². The molecule has 1 spiro atoms. The lowest BCUT2D eigenvalue weighted by Crippen LogP contribution is -2.51. The molecule has 3 atom stereocenters. The lowest BCUT2D eigenvalue weighted by atomic mass is 9.84. The van der Waals surface area contributed by atoms with E-state index in [4.69, 9.17) is 18.9 Å². The van der Waals surface area contributed by atoms with Crippen molar-refractivity contribution in [3.05, 3.63) is 35.9 Å². The first-order valence-electron chi connectivity index (χ1n) is 10.6. The maximum atomic E-state index is 13.0. The third-order valence-corrected chi connectivity index (χ3v) is 5.89. The number of carbonyl (C=O) groups excluding carboxylic acids is 2. The number of ether oxygens (including phenoxy) is 4. The summed E-state index contributed by atoms with van der Waals surface area (Å²) in [5, 5.41) is 0. The maximum absolute atomic E-state index is 13.0. The van der Waals surface area contributed by atoms with Gasteiger partial charge in [0.15, 0.2) is 11.2 Å². The van der Waals surface area contributed by atoms with Crippen LogP contribution in [0.4, 0.5) is 0 Å². The van der Waals surface area contributed by atoms with Crippen molar-refractivity contribution >= 4 is 11.9 Å². The fourth-order valence-electron chi connectivity index (χ4n) is 4.82. The minimum atomic E-state index is -1.41. The molecule has 6 nitrogen and oxygen atoms in total. The fraction of sp³-hybridized carbons (Fsp3) is 0.652. The standard InChI is InChI=1S/C23H32O6/c1-5-26-20(24)22(21(25)27-6-2)14-19(13-18-10-8-7-9-11-18)23(15-22)28-16(3)12-17(4)29-23/h7-11,16-17,19H,5-6,12-15H2,1-4H3. The zero-order valence-electron chi connectivity index (χ0n) is 17.8. The van der Waals surface area contributed by atoms with E-state index in [1.54, 1.807) is 13.8 Å². The van der Waals surface area contributed by atoms with Crippen LogP contribution in [0.5, 0.6) is 0 Å². The Hall–Kier alpha value is -1.92. The summed E-state index contributed by atoms with van der Waals surface area (Å²) in [6.07, 6.45) is 1.74. The van der Waals surface area contributed by atoms with E-state index in [-0.39, 0.29) is 44.2 Å². The minimum absolute atomic E-state index is 0.0304. The molecule has 3 rings (SSSR count). The Morgan fingerprint density at radius 2 is 1.55 bits per heavy atom. The lowest BCUT2D eigenvalue weighted by Gasteiger charge is -2.44. The van der Waals surface area contributed by atoms with E-state index in [9.17, 15) is 9.59 Å². The molecule has 0 aromatic heterocycles. The highest BCUT2D eigenvalue weighted by Gasteiger charge is 2.66. The Morgan fingerprint density at radius 3 is 2.07 bits per heavy atom. The van der Waals surface area contributed by atoms with Gasteiger partial charge in [0.2, 0.25) is 0 Å². The molecule has 160 valence electrons. The van der Waals surface area contributed by atoms with Crippen molar-refractivity contribution in [3.8, 4) is 0 Å². The van der Waals surface area contributed by atoms with Gasteiger partial charge in [-0.15, -0.1) is 0 Å². The van der Waals surface area contributed by atoms with Gasteiger partial charge in [-0.2, -0.15) is 0 Å². The van der Waals surface area contributed by atoms with Crippen molar-refractivity contribution in [1.82, 2.24) is 0 Å². The van der Waals surface area contributed by atoms with Crippen molar-refractivity contribution in [3.63, 3.8) is 0 Å². The fourth-order valence-corrected chi connectivity index (χ4v) is 4.82. The van der Waals surface area contributed by atoms with Crippen LogP contribution in [0.1, 0.15) is 52.5 Å². The van der Waals surface area contributed by atoms with Crippen molar-refractivity contribution in [2.45, 2.75) is 71.4 Å². The van der Waals surface area contributed by atoms with Crippen LogP contribution in [0.2, 0.25) is 0 Å². The quantitative estimate of drug-likeness (QED) is 0.532. The molecule has 3 unspecified atom stereocenters. The van der Waals surface area contributed by atoms with Crippen LogP contribution in [0, 0.1) is 11.3 Å². The first kappa shape index (κ1) is 21.8. The Labute approximate surface area is 172 Å². The molecule has 2 aliphatic rings. The molecule has 1 aromatic rings. The summed E-state index contributed by atoms with van der Waals surface area (Å²) in [7, 11) is 0. The molecule has 1 saturated heterocycles. The van der Waals surface area contributed by atoms with Crippen molar-refractivity contribution in [2.24, 2.45) is 11.3 Å². The normalized spacial score (nSPS) is 30.8. The molecule has 0 bridgehead atoms. The SMILES string of the molecule is CCOC(=O)C1(C(=O)OCC)CC(Cc2ccccc2)C2(C1)OC(C)CC(C)O2. The van der Waals surface area contributed by atoms with Crippen molar-refractivity contribution < 1.29 is 28.5 Å². The summed E-state index contributed by atoms with van der Waals surface area (Å²) >= 11 is 0. The van der Waals surface area contributed by atoms with Gasteiger partial charge in [0.1, 0.15) is 0 Å². The molecule has 1 aromatic carbocycles. The molecule has 0 amide bonds. The molecule has 1 saturated carbocycles. The van der Waals surface area contributed by atoms with Crippen LogP contribution in [0.3, 0.4) is 0 Å². The first-order chi connectivity index (χ1) is 13.8. The summed E-state index contributed by atoms with van der Waals surface area (Å²) in [6.45, 7) is 7.89. The Bertz CT molecular complexity index is 687. The predicted molar refractivity (Wildman–Crippen MR) is 107 cm³/mol. The highest BCUT2D eigenvalue weighted by Crippen LogP contribution is 2.55. The third-order valence-electron chi connectivity index (χ3n) is 5.89. The molecular weight excluding hydrogens is 372 g/mol. The van der Waals surface area contributed by atoms with Gasteiger partial charge in [-0.3, -0.25) is 9.59 Å². The number of esters is 2. The third kappa shape index (κ3) is 4.33. The molecule has 0 radical (unpaired) electrons. The highest BCUT2D eigenvalue weighted by molar-refractivity contribution is 6.00. The summed E-state index contributed by atoms with van der Waals surface area (Å²) in [5.74, 6) is -2.30. The van der Waals surface area contributed by atoms with Crippen LogP contribution < -0.4 is 0 Å². The number of benzene rings is 1. The van der Waals surface area contributed by atoms with E-state index in [0.717, 1.165) is 12.0 Å². The van der Waals surface area contributed by atoms with E-state index in [1.807, 2.05) is 44.2 Å². The Kier molecular flexibility index (Phi) is 6.64. The van der Waals surface area contributed by atoms with Crippen LogP contribution in [-0.4, -0.2) is 43.1 Å². The molecule has 2 fully saturated rings. The van der Waals surface area contributed by atoms with Crippen molar-refractivity contribution in [1.29, 1.82) is 0 Å². The molecule has 6 heteroatoms. The largest absolute Gasteiger partial charge is 0.465 e. The van der Waals surface area contributed by atoms with E-state index < -0.39 is 23.1 Å². The summed E-state index contributed by atoms with van der Waals surface area (Å²) < 4.78 is 23.4.